The quantitative estimate of drug-likeness (QED) is 0.204. The molecule has 92 valence electrons. The first-order chi connectivity index (χ1) is 5.71. The van der Waals surface area contributed by atoms with Crippen LogP contribution in [0.15, 0.2) is 0 Å². The molecular formula is H5KMgNaO11PS2. The molecule has 0 radical (unpaired) electrons. The van der Waals surface area contributed by atoms with Gasteiger partial charge >= 0.3 is 113 Å². The van der Waals surface area contributed by atoms with Gasteiger partial charge in [-0.2, -0.15) is 3.97 Å². The number of hydrogen-bond donors (Lipinski definition) is 2. The van der Waals surface area contributed by atoms with Crippen LogP contribution in [-0.2, 0) is 29.3 Å². The Hall–Kier alpha value is 3.29. The van der Waals surface area contributed by atoms with Crippen LogP contribution < -0.4 is 80.9 Å². The molecule has 0 spiro atoms. The van der Waals surface area contributed by atoms with Gasteiger partial charge in [-0.15, -0.1) is 0 Å². The van der Waals surface area contributed by atoms with Crippen molar-refractivity contribution in [2.24, 2.45) is 0 Å². The van der Waals surface area contributed by atoms with Crippen LogP contribution in [0.2, 0.25) is 0 Å². The fourth-order valence-corrected chi connectivity index (χ4v) is 1.07. The summed E-state index contributed by atoms with van der Waals surface area (Å²) in [6, 6.07) is 0. The maximum Gasteiger partial charge on any atom is 2.00 e. The second kappa shape index (κ2) is 13.0. The van der Waals surface area contributed by atoms with Crippen molar-refractivity contribution in [1.29, 1.82) is 0 Å². The molecule has 0 aromatic heterocycles. The van der Waals surface area contributed by atoms with Crippen LogP contribution in [0.5, 0.6) is 0 Å². The minimum Gasteiger partial charge on any atom is -1.00 e. The molecule has 0 unspecified atom stereocenters. The molecule has 0 aliphatic rings. The van der Waals surface area contributed by atoms with Crippen molar-refractivity contribution < 1.29 is 134 Å². The molecule has 0 aliphatic heterocycles. The third kappa shape index (κ3) is 66.8. The van der Waals surface area contributed by atoms with Gasteiger partial charge in [-0.3, -0.25) is 8.42 Å². The molecule has 17 heavy (non-hydrogen) atoms. The second-order valence-electron chi connectivity index (χ2n) is 1.38. The summed E-state index contributed by atoms with van der Waals surface area (Å²) in [6.07, 6.45) is 0. The maximum absolute atomic E-state index is 9.54. The van der Waals surface area contributed by atoms with E-state index in [0.717, 1.165) is 0 Å². The smallest absolute Gasteiger partial charge is 1.00 e. The predicted octanol–water partition coefficient (Wildman–Crippen LogP) is -8.82. The predicted molar refractivity (Wildman–Crippen MR) is 42.4 cm³/mol. The van der Waals surface area contributed by atoms with Gasteiger partial charge in [0.25, 0.3) is 0 Å². The van der Waals surface area contributed by atoms with Gasteiger partial charge < -0.3 is 26.3 Å². The standard InChI is InChI=1S/K.Mg.Na.H3O7PS.H2O4S.2H/c;;;1-8(2,3)7-9(4,5)6;1-5(2,3)4;;/h;;;(H2,1,2,3)(H,4,5,6);(H2,1,2,3,4);;/q+1;+2;+1;;;2*-1/p-2. The molecule has 0 aromatic rings. The van der Waals surface area contributed by atoms with Crippen molar-refractivity contribution >= 4 is 51.7 Å². The zero-order chi connectivity index (χ0) is 12.2. The zero-order valence-corrected chi connectivity index (χ0v) is 17.6. The third-order valence-electron chi connectivity index (χ3n) is 0.188. The van der Waals surface area contributed by atoms with Gasteiger partial charge in [-0.25, -0.2) is 13.0 Å². The van der Waals surface area contributed by atoms with Crippen molar-refractivity contribution in [1.82, 2.24) is 0 Å². The Morgan fingerprint density at radius 3 is 1.29 bits per heavy atom. The molecule has 0 atom stereocenters. The summed E-state index contributed by atoms with van der Waals surface area (Å²) < 4.78 is 74.5. The van der Waals surface area contributed by atoms with Gasteiger partial charge in [0.2, 0.25) is 10.4 Å². The molecule has 0 aliphatic carbocycles. The molecule has 0 bridgehead atoms. The molecule has 17 heteroatoms. The molecule has 0 saturated heterocycles. The Bertz CT molecular complexity index is 409. The Kier molecular flexibility index (Phi) is 24.7. The summed E-state index contributed by atoms with van der Waals surface area (Å²) >= 11 is 0. The van der Waals surface area contributed by atoms with Crippen molar-refractivity contribution in [3.05, 3.63) is 0 Å². The first-order valence-electron chi connectivity index (χ1n) is 2.10. The molecule has 0 aromatic carbocycles. The van der Waals surface area contributed by atoms with E-state index >= 15 is 0 Å². The van der Waals surface area contributed by atoms with E-state index in [-0.39, 0.29) is 108 Å². The third-order valence-corrected chi connectivity index (χ3v) is 1.70. The molecule has 11 nitrogen and oxygen atoms in total. The van der Waals surface area contributed by atoms with Gasteiger partial charge in [-0.05, 0) is 0 Å². The van der Waals surface area contributed by atoms with E-state index < -0.39 is 28.6 Å². The van der Waals surface area contributed by atoms with E-state index in [4.69, 9.17) is 27.3 Å². The van der Waals surface area contributed by atoms with E-state index in [1.165, 1.54) is 0 Å². The monoisotopic (exact) mass is 362 g/mol. The molecule has 0 saturated carbocycles. The average molecular weight is 363 g/mol. The van der Waals surface area contributed by atoms with E-state index in [2.05, 4.69) is 3.97 Å². The minimum atomic E-state index is -5.29. The van der Waals surface area contributed by atoms with Gasteiger partial charge in [0.15, 0.2) is 0 Å². The maximum atomic E-state index is 9.54. The molecule has 0 heterocycles. The van der Waals surface area contributed by atoms with Crippen molar-refractivity contribution in [2.45, 2.75) is 0 Å². The molecule has 0 rings (SSSR count). The van der Waals surface area contributed by atoms with E-state index in [0.29, 0.717) is 0 Å². The van der Waals surface area contributed by atoms with Crippen LogP contribution in [-0.4, -0.2) is 63.3 Å². The fraction of sp³-hybridized carbons (Fsp3) is 0. The zero-order valence-electron chi connectivity index (χ0n) is 11.5. The van der Waals surface area contributed by atoms with Gasteiger partial charge in [0.05, 0.1) is 0 Å². The van der Waals surface area contributed by atoms with Crippen molar-refractivity contribution in [3.63, 3.8) is 0 Å². The van der Waals surface area contributed by atoms with Gasteiger partial charge in [0.1, 0.15) is 0 Å². The Labute approximate surface area is 182 Å². The van der Waals surface area contributed by atoms with Crippen LogP contribution in [0, 0.1) is 0 Å². The van der Waals surface area contributed by atoms with E-state index in [9.17, 15) is 17.5 Å². The molecular weight excluding hydrogens is 357 g/mol. The number of hydrogen-bond acceptors (Lipinski definition) is 9. The topological polar surface area (TPSA) is 204 Å². The first kappa shape index (κ1) is 32.3. The van der Waals surface area contributed by atoms with Crippen LogP contribution >= 0.6 is 7.82 Å². The summed E-state index contributed by atoms with van der Waals surface area (Å²) in [4.78, 5) is 15.3. The Morgan fingerprint density at radius 1 is 1.12 bits per heavy atom. The Morgan fingerprint density at radius 2 is 1.29 bits per heavy atom. The largest absolute Gasteiger partial charge is 2.00 e. The van der Waals surface area contributed by atoms with Crippen LogP contribution in [0.25, 0.3) is 0 Å². The Balaban J connectivity index is -0.0000000199. The summed E-state index contributed by atoms with van der Waals surface area (Å²) in [5, 5.41) is 0. The normalized spacial score (nSPS) is 10.6. The van der Waals surface area contributed by atoms with Gasteiger partial charge in [0, 0.05) is 10.4 Å². The molecule has 2 N–H and O–H groups in total. The van der Waals surface area contributed by atoms with Crippen LogP contribution in [0.3, 0.4) is 0 Å². The fourth-order valence-electron chi connectivity index (χ4n) is 0.119. The SMILES string of the molecule is O=P(O)(O)OS(=O)(=O)[O-].O=S(=O)([O-])[O-].[H+].[H-].[H-].[K+].[Mg+2].[Na+]. The number of rotatable bonds is 2. The summed E-state index contributed by atoms with van der Waals surface area (Å²) in [6.45, 7) is 0. The second-order valence-corrected chi connectivity index (χ2v) is 4.59. The van der Waals surface area contributed by atoms with Crippen LogP contribution in [0.4, 0.5) is 0 Å². The van der Waals surface area contributed by atoms with E-state index in [1.54, 1.807) is 0 Å². The van der Waals surface area contributed by atoms with Crippen molar-refractivity contribution in [2.75, 3.05) is 0 Å². The minimum absolute atomic E-state index is 0. The summed E-state index contributed by atoms with van der Waals surface area (Å²) in [5.41, 5.74) is 0. The number of phosphoric acid groups is 1. The van der Waals surface area contributed by atoms with Gasteiger partial charge in [-0.1, -0.05) is 0 Å². The van der Waals surface area contributed by atoms with E-state index in [1.807, 2.05) is 0 Å². The van der Waals surface area contributed by atoms with Crippen LogP contribution in [0.1, 0.15) is 4.28 Å². The molecule has 0 amide bonds. The summed E-state index contributed by atoms with van der Waals surface area (Å²) in [5.74, 6) is 0. The first-order valence-corrected chi connectivity index (χ1v) is 6.30. The average Bonchev–Trinajstić information content (AvgIpc) is 1.42. The summed E-state index contributed by atoms with van der Waals surface area (Å²) in [7, 11) is -15.6. The molecule has 0 fully saturated rings. The van der Waals surface area contributed by atoms with Crippen molar-refractivity contribution in [3.8, 4) is 0 Å².